The Morgan fingerprint density at radius 1 is 0.362 bits per heavy atom. The molecule has 6 nitrogen and oxygen atoms in total. The molecule has 11 rings (SSSR count). The minimum atomic E-state index is 0.572. The Bertz CT molecular complexity index is 3140. The van der Waals surface area contributed by atoms with Gasteiger partial charge in [-0.05, 0) is 64.7 Å². The second-order valence-electron chi connectivity index (χ2n) is 14.3. The topological polar surface area (TPSA) is 69.6 Å². The summed E-state index contributed by atoms with van der Waals surface area (Å²) in [5.41, 5.74) is 12.7. The van der Waals surface area contributed by atoms with Crippen molar-refractivity contribution in [3.63, 3.8) is 0 Å². The van der Waals surface area contributed by atoms with Crippen LogP contribution < -0.4 is 0 Å². The summed E-state index contributed by atoms with van der Waals surface area (Å²) < 4.78 is 8.83. The largest absolute Gasteiger partial charge is 0.456 e. The summed E-state index contributed by atoms with van der Waals surface area (Å²) in [7, 11) is 0. The van der Waals surface area contributed by atoms with Crippen molar-refractivity contribution in [2.24, 2.45) is 0 Å². The van der Waals surface area contributed by atoms with Crippen molar-refractivity contribution in [3.8, 4) is 73.5 Å². The van der Waals surface area contributed by atoms with Crippen LogP contribution in [-0.4, -0.2) is 24.5 Å². The zero-order valence-corrected chi connectivity index (χ0v) is 31.2. The summed E-state index contributed by atoms with van der Waals surface area (Å²) >= 11 is 0. The predicted molar refractivity (Wildman–Crippen MR) is 234 cm³/mol. The highest BCUT2D eigenvalue weighted by Crippen LogP contribution is 2.39. The van der Waals surface area contributed by atoms with Crippen LogP contribution in [-0.2, 0) is 0 Å². The fraction of sp³-hybridized carbons (Fsp3) is 0. The van der Waals surface area contributed by atoms with Crippen LogP contribution >= 0.6 is 0 Å². The second kappa shape index (κ2) is 14.0. The molecule has 0 aliphatic carbocycles. The Morgan fingerprint density at radius 3 is 1.52 bits per heavy atom. The van der Waals surface area contributed by atoms with Gasteiger partial charge in [0.05, 0.1) is 11.0 Å². The molecule has 0 N–H and O–H groups in total. The SMILES string of the molecule is c1ccc(-c2ccc(-c3nc(-c4ccc(-c5ccccc5)cc4)nc(-c4cccc5oc6cc(-c7nc8ccccc8n7-c7ccccc7)ccc6c45)n3)cc2)cc1. The normalized spacial score (nSPS) is 11.4. The van der Waals surface area contributed by atoms with E-state index >= 15 is 0 Å². The summed E-state index contributed by atoms with van der Waals surface area (Å²) in [4.78, 5) is 20.5. The van der Waals surface area contributed by atoms with E-state index in [0.717, 1.165) is 89.0 Å². The van der Waals surface area contributed by atoms with Crippen LogP contribution in [0.15, 0.2) is 205 Å². The molecule has 0 amide bonds. The number of fused-ring (bicyclic) bond motifs is 4. The molecule has 0 aliphatic heterocycles. The van der Waals surface area contributed by atoms with Crippen molar-refractivity contribution in [3.05, 3.63) is 200 Å². The lowest BCUT2D eigenvalue weighted by Gasteiger charge is -2.11. The number of rotatable bonds is 7. The molecule has 11 aromatic rings. The molecule has 6 heteroatoms. The molecule has 0 saturated heterocycles. The van der Waals surface area contributed by atoms with E-state index in [1.807, 2.05) is 36.4 Å². The van der Waals surface area contributed by atoms with E-state index in [2.05, 4.69) is 168 Å². The first-order valence-corrected chi connectivity index (χ1v) is 19.3. The number of hydrogen-bond acceptors (Lipinski definition) is 5. The molecule has 0 unspecified atom stereocenters. The standard InChI is InChI=1S/C52H33N5O/c1-4-13-34(14-5-1)36-23-27-38(28-24-36)49-54-50(39-29-25-37(26-30-39)35-15-6-2-7-16-35)56-51(55-49)43-19-12-22-46-48(43)42-32-31-40(33-47(42)58-46)52-53-44-20-10-11-21-45(44)57(52)41-17-8-3-9-18-41/h1-33H. The van der Waals surface area contributed by atoms with Crippen molar-refractivity contribution in [1.82, 2.24) is 24.5 Å². The highest BCUT2D eigenvalue weighted by Gasteiger charge is 2.20. The van der Waals surface area contributed by atoms with Gasteiger partial charge in [-0.1, -0.05) is 158 Å². The maximum Gasteiger partial charge on any atom is 0.164 e. The number of para-hydroxylation sites is 3. The van der Waals surface area contributed by atoms with Crippen molar-refractivity contribution in [1.29, 1.82) is 0 Å². The van der Waals surface area contributed by atoms with Gasteiger partial charge in [0.15, 0.2) is 17.5 Å². The monoisotopic (exact) mass is 743 g/mol. The third-order valence-electron chi connectivity index (χ3n) is 10.7. The van der Waals surface area contributed by atoms with Gasteiger partial charge in [0.25, 0.3) is 0 Å². The fourth-order valence-corrected chi connectivity index (χ4v) is 7.85. The van der Waals surface area contributed by atoms with E-state index in [0.29, 0.717) is 17.5 Å². The fourth-order valence-electron chi connectivity index (χ4n) is 7.85. The lowest BCUT2D eigenvalue weighted by atomic mass is 10.0. The van der Waals surface area contributed by atoms with Crippen LogP contribution in [0, 0.1) is 0 Å². The Hall–Kier alpha value is -7.96. The molecule has 0 atom stereocenters. The van der Waals surface area contributed by atoms with Gasteiger partial charge in [-0.15, -0.1) is 0 Å². The van der Waals surface area contributed by atoms with Gasteiger partial charge in [-0.3, -0.25) is 4.57 Å². The number of imidazole rings is 1. The lowest BCUT2D eigenvalue weighted by Crippen LogP contribution is -2.00. The molecule has 0 saturated carbocycles. The van der Waals surface area contributed by atoms with Crippen LogP contribution in [0.5, 0.6) is 0 Å². The molecule has 0 radical (unpaired) electrons. The van der Waals surface area contributed by atoms with E-state index in [4.69, 9.17) is 24.4 Å². The second-order valence-corrected chi connectivity index (χ2v) is 14.3. The van der Waals surface area contributed by atoms with Crippen LogP contribution in [0.3, 0.4) is 0 Å². The van der Waals surface area contributed by atoms with Crippen LogP contribution in [0.2, 0.25) is 0 Å². The summed E-state index contributed by atoms with van der Waals surface area (Å²) in [6, 6.07) is 68.6. The average Bonchev–Trinajstić information content (AvgIpc) is 3.89. The van der Waals surface area contributed by atoms with E-state index < -0.39 is 0 Å². The number of nitrogens with zero attached hydrogens (tertiary/aromatic N) is 5. The van der Waals surface area contributed by atoms with Crippen molar-refractivity contribution >= 4 is 33.0 Å². The summed E-state index contributed by atoms with van der Waals surface area (Å²) in [6.07, 6.45) is 0. The average molecular weight is 744 g/mol. The smallest absolute Gasteiger partial charge is 0.164 e. The Kier molecular flexibility index (Phi) is 8.04. The van der Waals surface area contributed by atoms with Gasteiger partial charge in [0.2, 0.25) is 0 Å². The van der Waals surface area contributed by atoms with Crippen molar-refractivity contribution in [2.45, 2.75) is 0 Å². The molecule has 3 heterocycles. The molecule has 3 aromatic heterocycles. The molecule has 0 bridgehead atoms. The number of aromatic nitrogens is 5. The van der Waals surface area contributed by atoms with Gasteiger partial charge in [0, 0.05) is 38.7 Å². The van der Waals surface area contributed by atoms with Crippen LogP contribution in [0.4, 0.5) is 0 Å². The summed E-state index contributed by atoms with van der Waals surface area (Å²) in [6.45, 7) is 0. The highest BCUT2D eigenvalue weighted by molar-refractivity contribution is 6.12. The first-order valence-electron chi connectivity index (χ1n) is 19.3. The third kappa shape index (κ3) is 5.92. The molecular formula is C52H33N5O. The summed E-state index contributed by atoms with van der Waals surface area (Å²) in [5, 5.41) is 1.92. The molecule has 0 aliphatic rings. The van der Waals surface area contributed by atoms with E-state index in [9.17, 15) is 0 Å². The Labute approximate surface area is 334 Å². The Balaban J connectivity index is 1.05. The number of hydrogen-bond donors (Lipinski definition) is 0. The molecule has 0 spiro atoms. The highest BCUT2D eigenvalue weighted by atomic mass is 16.3. The van der Waals surface area contributed by atoms with Gasteiger partial charge >= 0.3 is 0 Å². The van der Waals surface area contributed by atoms with E-state index in [1.54, 1.807) is 0 Å². The third-order valence-corrected chi connectivity index (χ3v) is 10.7. The first-order chi connectivity index (χ1) is 28.7. The van der Waals surface area contributed by atoms with Gasteiger partial charge < -0.3 is 4.42 Å². The quantitative estimate of drug-likeness (QED) is 0.163. The lowest BCUT2D eigenvalue weighted by molar-refractivity contribution is 0.669. The molecule has 58 heavy (non-hydrogen) atoms. The number of furan rings is 1. The minimum Gasteiger partial charge on any atom is -0.456 e. The van der Waals surface area contributed by atoms with Gasteiger partial charge in [0.1, 0.15) is 17.0 Å². The molecule has 8 aromatic carbocycles. The predicted octanol–water partition coefficient (Wildman–Crippen LogP) is 13.1. The molecule has 272 valence electrons. The van der Waals surface area contributed by atoms with Crippen molar-refractivity contribution in [2.75, 3.05) is 0 Å². The van der Waals surface area contributed by atoms with E-state index in [1.165, 1.54) is 0 Å². The minimum absolute atomic E-state index is 0.572. The van der Waals surface area contributed by atoms with Crippen molar-refractivity contribution < 1.29 is 4.42 Å². The maximum absolute atomic E-state index is 6.63. The first kappa shape index (κ1) is 33.4. The zero-order chi connectivity index (χ0) is 38.4. The Morgan fingerprint density at radius 2 is 0.879 bits per heavy atom. The number of benzene rings is 8. The summed E-state index contributed by atoms with van der Waals surface area (Å²) in [5.74, 6) is 2.61. The van der Waals surface area contributed by atoms with Gasteiger partial charge in [-0.2, -0.15) is 0 Å². The molecule has 0 fully saturated rings. The van der Waals surface area contributed by atoms with Crippen LogP contribution in [0.25, 0.3) is 106 Å². The zero-order valence-electron chi connectivity index (χ0n) is 31.2. The maximum atomic E-state index is 6.63. The van der Waals surface area contributed by atoms with Crippen LogP contribution in [0.1, 0.15) is 0 Å². The van der Waals surface area contributed by atoms with E-state index in [-0.39, 0.29) is 0 Å². The molecular weight excluding hydrogens is 711 g/mol. The van der Waals surface area contributed by atoms with Gasteiger partial charge in [-0.25, -0.2) is 19.9 Å².